The molecule has 28 heavy (non-hydrogen) atoms. The Hall–Kier alpha value is -3.22. The van der Waals surface area contributed by atoms with Gasteiger partial charge in [0.25, 0.3) is 11.8 Å². The molecule has 1 amide bonds. The fourth-order valence-electron chi connectivity index (χ4n) is 3.34. The number of carbonyl (C=O) groups excluding carboxylic acids is 1. The summed E-state index contributed by atoms with van der Waals surface area (Å²) in [4.78, 5) is 21.0. The molecule has 1 aromatic heterocycles. The van der Waals surface area contributed by atoms with Gasteiger partial charge in [0, 0.05) is 31.7 Å². The van der Waals surface area contributed by atoms with E-state index in [-0.39, 0.29) is 18.1 Å². The predicted octanol–water partition coefficient (Wildman–Crippen LogP) is 3.16. The first-order valence-corrected chi connectivity index (χ1v) is 9.35. The minimum absolute atomic E-state index is 0.00513. The standard InChI is InChI=1S/C21H21FN4O2/c22-18-9-4-6-16(14-18)15-19(27)25-10-5-11-26(13-12-25)21-23-20(28-24-21)17-7-2-1-3-8-17/h1-4,6-9,14H,5,10-13,15H2. The minimum Gasteiger partial charge on any atom is -0.341 e. The van der Waals surface area contributed by atoms with Gasteiger partial charge in [-0.05, 0) is 41.4 Å². The van der Waals surface area contributed by atoms with E-state index in [0.717, 1.165) is 18.5 Å². The molecule has 0 saturated carbocycles. The lowest BCUT2D eigenvalue weighted by atomic mass is 10.1. The van der Waals surface area contributed by atoms with Crippen molar-refractivity contribution in [2.75, 3.05) is 31.1 Å². The summed E-state index contributed by atoms with van der Waals surface area (Å²) in [5, 5.41) is 4.10. The maximum Gasteiger partial charge on any atom is 0.266 e. The van der Waals surface area contributed by atoms with Gasteiger partial charge in [-0.1, -0.05) is 30.3 Å². The van der Waals surface area contributed by atoms with E-state index in [9.17, 15) is 9.18 Å². The Morgan fingerprint density at radius 1 is 1.04 bits per heavy atom. The molecular formula is C21H21FN4O2. The van der Waals surface area contributed by atoms with Crippen LogP contribution in [0.15, 0.2) is 59.1 Å². The van der Waals surface area contributed by atoms with Crippen LogP contribution < -0.4 is 4.90 Å². The summed E-state index contributed by atoms with van der Waals surface area (Å²) in [6, 6.07) is 15.8. The molecule has 0 N–H and O–H groups in total. The molecule has 144 valence electrons. The highest BCUT2D eigenvalue weighted by Crippen LogP contribution is 2.21. The lowest BCUT2D eigenvalue weighted by molar-refractivity contribution is -0.130. The molecule has 3 aromatic rings. The monoisotopic (exact) mass is 380 g/mol. The van der Waals surface area contributed by atoms with E-state index >= 15 is 0 Å². The first kappa shape index (κ1) is 18.2. The van der Waals surface area contributed by atoms with Crippen LogP contribution in [0, 0.1) is 5.82 Å². The lowest BCUT2D eigenvalue weighted by Crippen LogP contribution is -2.36. The first-order valence-electron chi connectivity index (χ1n) is 9.35. The van der Waals surface area contributed by atoms with Crippen molar-refractivity contribution in [3.63, 3.8) is 0 Å². The number of amides is 1. The van der Waals surface area contributed by atoms with Crippen molar-refractivity contribution < 1.29 is 13.7 Å². The Morgan fingerprint density at radius 3 is 2.71 bits per heavy atom. The van der Waals surface area contributed by atoms with Gasteiger partial charge in [0.2, 0.25) is 5.91 Å². The summed E-state index contributed by atoms with van der Waals surface area (Å²) in [6.45, 7) is 2.61. The number of carbonyl (C=O) groups is 1. The van der Waals surface area contributed by atoms with Gasteiger partial charge < -0.3 is 14.3 Å². The average molecular weight is 380 g/mol. The zero-order valence-corrected chi connectivity index (χ0v) is 15.4. The number of nitrogens with zero attached hydrogens (tertiary/aromatic N) is 4. The largest absolute Gasteiger partial charge is 0.341 e. The average Bonchev–Trinajstić information content (AvgIpc) is 3.06. The molecule has 0 atom stereocenters. The molecule has 0 unspecified atom stereocenters. The molecule has 1 fully saturated rings. The maximum absolute atomic E-state index is 13.3. The van der Waals surface area contributed by atoms with Gasteiger partial charge >= 0.3 is 0 Å². The van der Waals surface area contributed by atoms with Crippen LogP contribution in [0.1, 0.15) is 12.0 Å². The molecule has 7 heteroatoms. The molecule has 4 rings (SSSR count). The molecule has 1 aliphatic heterocycles. The SMILES string of the molecule is O=C(Cc1cccc(F)c1)N1CCCN(c2noc(-c3ccccc3)n2)CC1. The Kier molecular flexibility index (Phi) is 5.32. The Balaban J connectivity index is 1.38. The normalized spacial score (nSPS) is 14.8. The summed E-state index contributed by atoms with van der Waals surface area (Å²) in [6.07, 6.45) is 1.02. The van der Waals surface area contributed by atoms with Crippen molar-refractivity contribution in [2.45, 2.75) is 12.8 Å². The number of aromatic nitrogens is 2. The van der Waals surface area contributed by atoms with E-state index in [0.29, 0.717) is 37.0 Å². The molecule has 2 aromatic carbocycles. The first-order chi connectivity index (χ1) is 13.7. The number of hydrogen-bond acceptors (Lipinski definition) is 5. The number of hydrogen-bond donors (Lipinski definition) is 0. The molecule has 1 saturated heterocycles. The summed E-state index contributed by atoms with van der Waals surface area (Å²) in [5.41, 5.74) is 1.57. The number of halogens is 1. The molecule has 0 bridgehead atoms. The van der Waals surface area contributed by atoms with Crippen LogP contribution in [0.25, 0.3) is 11.5 Å². The fraction of sp³-hybridized carbons (Fsp3) is 0.286. The van der Waals surface area contributed by atoms with E-state index in [1.165, 1.54) is 12.1 Å². The summed E-state index contributed by atoms with van der Waals surface area (Å²) in [7, 11) is 0. The maximum atomic E-state index is 13.3. The summed E-state index contributed by atoms with van der Waals surface area (Å²) < 4.78 is 18.7. The zero-order chi connectivity index (χ0) is 19.3. The van der Waals surface area contributed by atoms with Crippen LogP contribution in [-0.2, 0) is 11.2 Å². The Morgan fingerprint density at radius 2 is 1.89 bits per heavy atom. The van der Waals surface area contributed by atoms with Crippen molar-refractivity contribution in [3.8, 4) is 11.5 Å². The van der Waals surface area contributed by atoms with Crippen molar-refractivity contribution in [1.82, 2.24) is 15.0 Å². The van der Waals surface area contributed by atoms with Crippen LogP contribution in [0.2, 0.25) is 0 Å². The lowest BCUT2D eigenvalue weighted by Gasteiger charge is -2.21. The number of benzene rings is 2. The molecule has 6 nitrogen and oxygen atoms in total. The van der Waals surface area contributed by atoms with Crippen molar-refractivity contribution >= 4 is 11.9 Å². The highest BCUT2D eigenvalue weighted by Gasteiger charge is 2.22. The third-order valence-electron chi connectivity index (χ3n) is 4.81. The molecular weight excluding hydrogens is 359 g/mol. The topological polar surface area (TPSA) is 62.5 Å². The second kappa shape index (κ2) is 8.21. The number of anilines is 1. The molecule has 0 radical (unpaired) electrons. The quantitative estimate of drug-likeness (QED) is 0.696. The second-order valence-electron chi connectivity index (χ2n) is 6.79. The third kappa shape index (κ3) is 4.19. The molecule has 0 aliphatic carbocycles. The van der Waals surface area contributed by atoms with Gasteiger partial charge in [-0.25, -0.2) is 4.39 Å². The summed E-state index contributed by atoms with van der Waals surface area (Å²) in [5.74, 6) is 0.710. The smallest absolute Gasteiger partial charge is 0.266 e. The van der Waals surface area contributed by atoms with Gasteiger partial charge in [-0.3, -0.25) is 4.79 Å². The Bertz CT molecular complexity index is 944. The van der Waals surface area contributed by atoms with Gasteiger partial charge in [0.15, 0.2) is 0 Å². The number of rotatable bonds is 4. The summed E-state index contributed by atoms with van der Waals surface area (Å²) >= 11 is 0. The van der Waals surface area contributed by atoms with Crippen molar-refractivity contribution in [1.29, 1.82) is 0 Å². The van der Waals surface area contributed by atoms with Crippen LogP contribution >= 0.6 is 0 Å². The predicted molar refractivity (Wildman–Crippen MR) is 103 cm³/mol. The van der Waals surface area contributed by atoms with Crippen molar-refractivity contribution in [2.24, 2.45) is 0 Å². The van der Waals surface area contributed by atoms with E-state index in [1.54, 1.807) is 12.1 Å². The molecule has 0 spiro atoms. The highest BCUT2D eigenvalue weighted by atomic mass is 19.1. The fourth-order valence-corrected chi connectivity index (χ4v) is 3.34. The van der Waals surface area contributed by atoms with Gasteiger partial charge in [0.1, 0.15) is 5.82 Å². The van der Waals surface area contributed by atoms with E-state index in [2.05, 4.69) is 10.1 Å². The van der Waals surface area contributed by atoms with Crippen LogP contribution in [0.4, 0.5) is 10.3 Å². The third-order valence-corrected chi connectivity index (χ3v) is 4.81. The minimum atomic E-state index is -0.321. The van der Waals surface area contributed by atoms with E-state index < -0.39 is 0 Å². The van der Waals surface area contributed by atoms with Crippen molar-refractivity contribution in [3.05, 3.63) is 66.0 Å². The zero-order valence-electron chi connectivity index (χ0n) is 15.4. The van der Waals surface area contributed by atoms with E-state index in [1.807, 2.05) is 40.1 Å². The molecule has 2 heterocycles. The van der Waals surface area contributed by atoms with Gasteiger partial charge in [-0.2, -0.15) is 4.98 Å². The Labute approximate surface area is 162 Å². The second-order valence-corrected chi connectivity index (χ2v) is 6.79. The van der Waals surface area contributed by atoms with Crippen LogP contribution in [0.3, 0.4) is 0 Å². The highest BCUT2D eigenvalue weighted by molar-refractivity contribution is 5.78. The van der Waals surface area contributed by atoms with Gasteiger partial charge in [-0.15, -0.1) is 0 Å². The van der Waals surface area contributed by atoms with Crippen LogP contribution in [-0.4, -0.2) is 47.1 Å². The van der Waals surface area contributed by atoms with Crippen LogP contribution in [0.5, 0.6) is 0 Å². The van der Waals surface area contributed by atoms with Gasteiger partial charge in [0.05, 0.1) is 6.42 Å². The van der Waals surface area contributed by atoms with E-state index in [4.69, 9.17) is 4.52 Å². The molecule has 1 aliphatic rings.